The second-order valence-corrected chi connectivity index (χ2v) is 4.65. The van der Waals surface area contributed by atoms with Gasteiger partial charge in [-0.15, -0.1) is 0 Å². The quantitative estimate of drug-likeness (QED) is 0.815. The lowest BCUT2D eigenvalue weighted by atomic mass is 9.72. The molecule has 76 valence electrons. The topological polar surface area (TPSA) is 46.2 Å². The molecule has 3 N–H and O–H groups in total. The average Bonchev–Trinajstić information content (AvgIpc) is 2.07. The second kappa shape index (κ2) is 3.21. The molecule has 2 rings (SSSR count). The van der Waals surface area contributed by atoms with Crippen molar-refractivity contribution in [1.29, 1.82) is 0 Å². The van der Waals surface area contributed by atoms with Crippen molar-refractivity contribution in [1.82, 2.24) is 0 Å². The summed E-state index contributed by atoms with van der Waals surface area (Å²) in [7, 11) is 0. The van der Waals surface area contributed by atoms with Crippen LogP contribution in [-0.4, -0.2) is 5.11 Å². The molecule has 0 amide bonds. The van der Waals surface area contributed by atoms with E-state index in [1.54, 1.807) is 0 Å². The predicted molar refractivity (Wildman–Crippen MR) is 55.5 cm³/mol. The van der Waals surface area contributed by atoms with Crippen LogP contribution in [0.1, 0.15) is 24.8 Å². The Kier molecular flexibility index (Phi) is 2.27. The fraction of sp³-hybridized carbons (Fsp3) is 0.400. The molecule has 1 aliphatic carbocycles. The van der Waals surface area contributed by atoms with E-state index in [1.807, 2.05) is 0 Å². The molecule has 0 radical (unpaired) electrons. The molecule has 2 nitrogen and oxygen atoms in total. The van der Waals surface area contributed by atoms with Crippen LogP contribution in [0.25, 0.3) is 0 Å². The Balaban J connectivity index is 2.51. The van der Waals surface area contributed by atoms with Gasteiger partial charge in [0.1, 0.15) is 11.6 Å². The van der Waals surface area contributed by atoms with Crippen LogP contribution in [0, 0.1) is 5.82 Å². The van der Waals surface area contributed by atoms with E-state index in [1.165, 1.54) is 12.1 Å². The maximum absolute atomic E-state index is 13.1. The van der Waals surface area contributed by atoms with E-state index in [0.29, 0.717) is 10.0 Å². The number of rotatable bonds is 1. The molecule has 0 aromatic heterocycles. The maximum atomic E-state index is 13.1. The van der Waals surface area contributed by atoms with Crippen LogP contribution in [-0.2, 0) is 5.54 Å². The number of benzene rings is 1. The van der Waals surface area contributed by atoms with Gasteiger partial charge in [0.15, 0.2) is 0 Å². The Morgan fingerprint density at radius 2 is 2.07 bits per heavy atom. The molecule has 0 saturated heterocycles. The smallest absolute Gasteiger partial charge is 0.135 e. The zero-order valence-corrected chi connectivity index (χ0v) is 9.14. The van der Waals surface area contributed by atoms with Gasteiger partial charge in [0.2, 0.25) is 0 Å². The zero-order valence-electron chi connectivity index (χ0n) is 7.56. The van der Waals surface area contributed by atoms with E-state index in [-0.39, 0.29) is 11.6 Å². The molecule has 0 aliphatic heterocycles. The van der Waals surface area contributed by atoms with Crippen molar-refractivity contribution >= 4 is 15.9 Å². The molecule has 0 spiro atoms. The first-order chi connectivity index (χ1) is 6.53. The van der Waals surface area contributed by atoms with Crippen LogP contribution in [0.15, 0.2) is 16.6 Å². The molecular weight excluding hydrogens is 249 g/mol. The minimum Gasteiger partial charge on any atom is -0.506 e. The highest BCUT2D eigenvalue weighted by atomic mass is 79.9. The fourth-order valence-corrected chi connectivity index (χ4v) is 2.20. The summed E-state index contributed by atoms with van der Waals surface area (Å²) >= 11 is 3.10. The number of aromatic hydroxyl groups is 1. The SMILES string of the molecule is NC1(c2cc(F)cc(Br)c2O)CCC1. The van der Waals surface area contributed by atoms with E-state index >= 15 is 0 Å². The van der Waals surface area contributed by atoms with Crippen molar-refractivity contribution in [2.75, 3.05) is 0 Å². The molecular formula is C10H11BrFNO. The molecule has 1 aromatic carbocycles. The Morgan fingerprint density at radius 1 is 1.43 bits per heavy atom. The lowest BCUT2D eigenvalue weighted by molar-refractivity contribution is 0.244. The van der Waals surface area contributed by atoms with E-state index in [0.717, 1.165) is 19.3 Å². The maximum Gasteiger partial charge on any atom is 0.135 e. The summed E-state index contributed by atoms with van der Waals surface area (Å²) in [6.45, 7) is 0. The number of hydrogen-bond acceptors (Lipinski definition) is 2. The van der Waals surface area contributed by atoms with Crippen LogP contribution in [0.4, 0.5) is 4.39 Å². The highest BCUT2D eigenvalue weighted by Gasteiger charge is 2.37. The molecule has 14 heavy (non-hydrogen) atoms. The van der Waals surface area contributed by atoms with Gasteiger partial charge in [0, 0.05) is 11.1 Å². The fourth-order valence-electron chi connectivity index (χ4n) is 1.77. The second-order valence-electron chi connectivity index (χ2n) is 3.79. The van der Waals surface area contributed by atoms with Gasteiger partial charge in [-0.2, -0.15) is 0 Å². The third-order valence-electron chi connectivity index (χ3n) is 2.81. The zero-order chi connectivity index (χ0) is 10.3. The Bertz CT molecular complexity index is 377. The first-order valence-electron chi connectivity index (χ1n) is 4.50. The molecule has 1 fully saturated rings. The first-order valence-corrected chi connectivity index (χ1v) is 5.30. The minimum atomic E-state index is -0.533. The first kappa shape index (κ1) is 9.93. The number of phenolic OH excluding ortho intramolecular Hbond substituents is 1. The van der Waals surface area contributed by atoms with E-state index in [4.69, 9.17) is 5.73 Å². The summed E-state index contributed by atoms with van der Waals surface area (Å²) in [6.07, 6.45) is 2.64. The van der Waals surface area contributed by atoms with Crippen molar-refractivity contribution in [3.63, 3.8) is 0 Å². The summed E-state index contributed by atoms with van der Waals surface area (Å²) in [5, 5.41) is 9.73. The number of nitrogens with two attached hydrogens (primary N) is 1. The molecule has 0 bridgehead atoms. The van der Waals surface area contributed by atoms with Gasteiger partial charge in [-0.3, -0.25) is 0 Å². The van der Waals surface area contributed by atoms with Gasteiger partial charge in [-0.05, 0) is 47.3 Å². The molecule has 0 atom stereocenters. The number of halogens is 2. The summed E-state index contributed by atoms with van der Waals surface area (Å²) in [5.41, 5.74) is 5.99. The van der Waals surface area contributed by atoms with Crippen molar-refractivity contribution in [3.05, 3.63) is 28.0 Å². The van der Waals surface area contributed by atoms with Crippen molar-refractivity contribution in [2.45, 2.75) is 24.8 Å². The lowest BCUT2D eigenvalue weighted by Gasteiger charge is -2.39. The lowest BCUT2D eigenvalue weighted by Crippen LogP contribution is -2.43. The molecule has 0 unspecified atom stereocenters. The average molecular weight is 260 g/mol. The highest BCUT2D eigenvalue weighted by molar-refractivity contribution is 9.10. The summed E-state index contributed by atoms with van der Waals surface area (Å²) in [5.74, 6) is -0.310. The van der Waals surface area contributed by atoms with Gasteiger partial charge in [0.25, 0.3) is 0 Å². The standard InChI is InChI=1S/C10H11BrFNO/c11-8-5-6(12)4-7(9(8)14)10(13)2-1-3-10/h4-5,14H,1-3,13H2. The minimum absolute atomic E-state index is 0.0635. The normalized spacial score (nSPS) is 19.1. The van der Waals surface area contributed by atoms with Gasteiger partial charge in [0.05, 0.1) is 4.47 Å². The molecule has 1 aromatic rings. The summed E-state index contributed by atoms with van der Waals surface area (Å²) in [4.78, 5) is 0. The summed E-state index contributed by atoms with van der Waals surface area (Å²) in [6, 6.07) is 2.56. The van der Waals surface area contributed by atoms with E-state index in [2.05, 4.69) is 15.9 Å². The largest absolute Gasteiger partial charge is 0.506 e. The highest BCUT2D eigenvalue weighted by Crippen LogP contribution is 2.44. The molecule has 1 aliphatic rings. The summed E-state index contributed by atoms with van der Waals surface area (Å²) < 4.78 is 13.5. The number of phenols is 1. The van der Waals surface area contributed by atoms with Gasteiger partial charge in [-0.25, -0.2) is 4.39 Å². The van der Waals surface area contributed by atoms with Gasteiger partial charge in [-0.1, -0.05) is 0 Å². The van der Waals surface area contributed by atoms with Crippen molar-refractivity contribution in [2.24, 2.45) is 5.73 Å². The van der Waals surface area contributed by atoms with Crippen LogP contribution in [0.3, 0.4) is 0 Å². The monoisotopic (exact) mass is 259 g/mol. The van der Waals surface area contributed by atoms with Gasteiger partial charge < -0.3 is 10.8 Å². The predicted octanol–water partition coefficient (Wildman–Crippen LogP) is 2.63. The van der Waals surface area contributed by atoms with Crippen molar-refractivity contribution in [3.8, 4) is 5.75 Å². The molecule has 0 heterocycles. The number of hydrogen-bond donors (Lipinski definition) is 2. The van der Waals surface area contributed by atoms with Crippen LogP contribution in [0.2, 0.25) is 0 Å². The van der Waals surface area contributed by atoms with Crippen LogP contribution >= 0.6 is 15.9 Å². The molecule has 1 saturated carbocycles. The van der Waals surface area contributed by atoms with E-state index < -0.39 is 5.54 Å². The molecule has 4 heteroatoms. The van der Waals surface area contributed by atoms with Crippen LogP contribution < -0.4 is 5.73 Å². The third-order valence-corrected chi connectivity index (χ3v) is 3.41. The van der Waals surface area contributed by atoms with E-state index in [9.17, 15) is 9.50 Å². The Morgan fingerprint density at radius 3 is 2.57 bits per heavy atom. The van der Waals surface area contributed by atoms with Crippen LogP contribution in [0.5, 0.6) is 5.75 Å². The van der Waals surface area contributed by atoms with Crippen molar-refractivity contribution < 1.29 is 9.50 Å². The van der Waals surface area contributed by atoms with Gasteiger partial charge >= 0.3 is 0 Å². The third kappa shape index (κ3) is 1.42. The Labute approximate surface area is 90.1 Å². The Hall–Kier alpha value is -0.610.